The van der Waals surface area contributed by atoms with E-state index in [1.165, 1.54) is 24.2 Å². The molecule has 33 heavy (non-hydrogen) atoms. The standard InChI is InChI=1S/C23H30ClN3O4S2/c1-14-22(32-23(25-14)26-21(29)11-15-5-2-3-6-15)16-9-10-19(24)20(12-16)33(30,31)27-17-7-4-8-18(28)13-17/h9-10,12,15,17-18,27-28H,2-8,11,13H2,1H3,(H,25,26,29). The minimum atomic E-state index is -3.86. The minimum Gasteiger partial charge on any atom is -0.393 e. The van der Waals surface area contributed by atoms with E-state index >= 15 is 0 Å². The zero-order valence-corrected chi connectivity index (χ0v) is 21.0. The third-order valence-electron chi connectivity index (χ3n) is 6.44. The number of hydrogen-bond acceptors (Lipinski definition) is 6. The fourth-order valence-corrected chi connectivity index (χ4v) is 7.56. The Morgan fingerprint density at radius 3 is 2.70 bits per heavy atom. The van der Waals surface area contributed by atoms with E-state index in [-0.39, 0.29) is 21.9 Å². The third kappa shape index (κ3) is 6.14. The molecule has 3 N–H and O–H groups in total. The van der Waals surface area contributed by atoms with Crippen LogP contribution in [0.2, 0.25) is 5.02 Å². The second-order valence-corrected chi connectivity index (χ2v) is 12.2. The first-order chi connectivity index (χ1) is 15.7. The number of aryl methyl sites for hydroxylation is 1. The Labute approximate surface area is 204 Å². The van der Waals surface area contributed by atoms with E-state index in [0.717, 1.165) is 24.1 Å². The van der Waals surface area contributed by atoms with Gasteiger partial charge in [-0.15, -0.1) is 0 Å². The molecule has 1 aromatic carbocycles. The molecule has 0 spiro atoms. The zero-order chi connectivity index (χ0) is 23.6. The van der Waals surface area contributed by atoms with E-state index in [0.29, 0.717) is 48.0 Å². The van der Waals surface area contributed by atoms with E-state index in [9.17, 15) is 18.3 Å². The largest absolute Gasteiger partial charge is 0.393 e. The van der Waals surface area contributed by atoms with Crippen LogP contribution in [0.5, 0.6) is 0 Å². The molecule has 2 aliphatic rings. The third-order valence-corrected chi connectivity index (χ3v) is 9.57. The Hall–Kier alpha value is -1.52. The van der Waals surface area contributed by atoms with Gasteiger partial charge in [-0.1, -0.05) is 41.8 Å². The van der Waals surface area contributed by atoms with Gasteiger partial charge in [-0.25, -0.2) is 18.1 Å². The Bertz CT molecular complexity index is 1110. The molecular formula is C23H30ClN3O4S2. The molecule has 1 amide bonds. The summed E-state index contributed by atoms with van der Waals surface area (Å²) in [5.74, 6) is 0.424. The zero-order valence-electron chi connectivity index (χ0n) is 18.6. The molecule has 2 aromatic rings. The molecule has 1 heterocycles. The highest BCUT2D eigenvalue weighted by atomic mass is 35.5. The number of thiazole rings is 1. The lowest BCUT2D eigenvalue weighted by atomic mass is 9.94. The van der Waals surface area contributed by atoms with Gasteiger partial charge in [-0.05, 0) is 69.1 Å². The van der Waals surface area contributed by atoms with Gasteiger partial charge in [0.15, 0.2) is 5.13 Å². The van der Waals surface area contributed by atoms with E-state index in [2.05, 4.69) is 15.0 Å². The van der Waals surface area contributed by atoms with Crippen molar-refractivity contribution in [1.82, 2.24) is 9.71 Å². The average Bonchev–Trinajstić information content (AvgIpc) is 3.37. The van der Waals surface area contributed by atoms with Gasteiger partial charge >= 0.3 is 0 Å². The van der Waals surface area contributed by atoms with Crippen molar-refractivity contribution in [2.75, 3.05) is 5.32 Å². The maximum Gasteiger partial charge on any atom is 0.242 e. The van der Waals surface area contributed by atoms with Crippen LogP contribution in [0.4, 0.5) is 5.13 Å². The van der Waals surface area contributed by atoms with Gasteiger partial charge in [0.05, 0.1) is 21.7 Å². The second kappa shape index (κ2) is 10.4. The number of aromatic nitrogens is 1. The first-order valence-corrected chi connectivity index (χ1v) is 14.2. The van der Waals surface area contributed by atoms with Crippen molar-refractivity contribution < 1.29 is 18.3 Å². The number of hydrogen-bond donors (Lipinski definition) is 3. The Balaban J connectivity index is 1.51. The number of nitrogens with zero attached hydrogens (tertiary/aromatic N) is 1. The second-order valence-electron chi connectivity index (χ2n) is 9.12. The SMILES string of the molecule is Cc1nc(NC(=O)CC2CCCC2)sc1-c1ccc(Cl)c(S(=O)(=O)NC2CCCC(O)C2)c1. The van der Waals surface area contributed by atoms with Crippen LogP contribution in [-0.4, -0.2) is 36.6 Å². The first kappa shape index (κ1) is 24.6. The van der Waals surface area contributed by atoms with Crippen LogP contribution in [0.25, 0.3) is 10.4 Å². The monoisotopic (exact) mass is 511 g/mol. The topological polar surface area (TPSA) is 108 Å². The average molecular weight is 512 g/mol. The number of carbonyl (C=O) groups is 1. The molecule has 0 aliphatic heterocycles. The molecule has 2 saturated carbocycles. The van der Waals surface area contributed by atoms with Gasteiger partial charge < -0.3 is 10.4 Å². The summed E-state index contributed by atoms with van der Waals surface area (Å²) < 4.78 is 28.8. The summed E-state index contributed by atoms with van der Waals surface area (Å²) in [6, 6.07) is 4.56. The summed E-state index contributed by atoms with van der Waals surface area (Å²) in [5, 5.41) is 13.4. The van der Waals surface area contributed by atoms with Gasteiger partial charge in [-0.2, -0.15) is 0 Å². The Kier molecular flexibility index (Phi) is 7.75. The highest BCUT2D eigenvalue weighted by Crippen LogP contribution is 2.36. The van der Waals surface area contributed by atoms with Crippen LogP contribution in [0.1, 0.15) is 63.5 Å². The van der Waals surface area contributed by atoms with E-state index in [1.54, 1.807) is 18.2 Å². The predicted molar refractivity (Wildman–Crippen MR) is 131 cm³/mol. The van der Waals surface area contributed by atoms with Gasteiger partial charge in [-0.3, -0.25) is 4.79 Å². The Morgan fingerprint density at radius 2 is 1.97 bits per heavy atom. The molecule has 7 nitrogen and oxygen atoms in total. The molecule has 0 bridgehead atoms. The van der Waals surface area contributed by atoms with Crippen LogP contribution in [0, 0.1) is 12.8 Å². The number of aliphatic hydroxyl groups is 1. The number of carbonyl (C=O) groups excluding carboxylic acids is 1. The van der Waals surface area contributed by atoms with Crippen LogP contribution in [-0.2, 0) is 14.8 Å². The molecule has 0 radical (unpaired) electrons. The van der Waals surface area contributed by atoms with Gasteiger partial charge in [0.1, 0.15) is 4.90 Å². The van der Waals surface area contributed by atoms with Gasteiger partial charge in [0, 0.05) is 12.5 Å². The molecule has 180 valence electrons. The highest BCUT2D eigenvalue weighted by molar-refractivity contribution is 7.89. The lowest BCUT2D eigenvalue weighted by Gasteiger charge is -2.26. The number of sulfonamides is 1. The molecule has 2 atom stereocenters. The highest BCUT2D eigenvalue weighted by Gasteiger charge is 2.27. The number of anilines is 1. The van der Waals surface area contributed by atoms with Crippen molar-refractivity contribution >= 4 is 44.0 Å². The van der Waals surface area contributed by atoms with E-state index < -0.39 is 16.1 Å². The molecule has 2 fully saturated rings. The number of rotatable bonds is 7. The number of halogens is 1. The van der Waals surface area contributed by atoms with Gasteiger partial charge in [0.2, 0.25) is 15.9 Å². The predicted octanol–water partition coefficient (Wildman–Crippen LogP) is 4.87. The molecule has 1 aromatic heterocycles. The summed E-state index contributed by atoms with van der Waals surface area (Å²) in [5.41, 5.74) is 1.39. The van der Waals surface area contributed by atoms with Crippen molar-refractivity contribution in [3.8, 4) is 10.4 Å². The summed E-state index contributed by atoms with van der Waals surface area (Å²) in [7, 11) is -3.86. The van der Waals surface area contributed by atoms with E-state index in [1.807, 2.05) is 6.92 Å². The number of aliphatic hydroxyl groups excluding tert-OH is 1. The van der Waals surface area contributed by atoms with Gasteiger partial charge in [0.25, 0.3) is 0 Å². The van der Waals surface area contributed by atoms with Crippen molar-refractivity contribution in [2.45, 2.75) is 81.8 Å². The number of nitrogens with one attached hydrogen (secondary N) is 2. The van der Waals surface area contributed by atoms with Crippen LogP contribution in [0.15, 0.2) is 23.1 Å². The summed E-state index contributed by atoms with van der Waals surface area (Å²) in [6.45, 7) is 1.84. The lowest BCUT2D eigenvalue weighted by molar-refractivity contribution is -0.117. The molecule has 4 rings (SSSR count). The molecule has 2 unspecified atom stereocenters. The van der Waals surface area contributed by atoms with Crippen molar-refractivity contribution in [2.24, 2.45) is 5.92 Å². The smallest absolute Gasteiger partial charge is 0.242 e. The van der Waals surface area contributed by atoms with Crippen LogP contribution >= 0.6 is 22.9 Å². The quantitative estimate of drug-likeness (QED) is 0.491. The lowest BCUT2D eigenvalue weighted by Crippen LogP contribution is -2.39. The fraction of sp³-hybridized carbons (Fsp3) is 0.565. The number of amides is 1. The maximum absolute atomic E-state index is 13.1. The number of benzene rings is 1. The van der Waals surface area contributed by atoms with Crippen molar-refractivity contribution in [1.29, 1.82) is 0 Å². The molecular weight excluding hydrogens is 482 g/mol. The fourth-order valence-electron chi connectivity index (χ4n) is 4.77. The van der Waals surface area contributed by atoms with Crippen molar-refractivity contribution in [3.05, 3.63) is 28.9 Å². The Morgan fingerprint density at radius 1 is 1.21 bits per heavy atom. The normalized spacial score (nSPS) is 21.9. The minimum absolute atomic E-state index is 0.00125. The molecule has 0 saturated heterocycles. The van der Waals surface area contributed by atoms with Crippen LogP contribution in [0.3, 0.4) is 0 Å². The maximum atomic E-state index is 13.1. The van der Waals surface area contributed by atoms with Crippen molar-refractivity contribution in [3.63, 3.8) is 0 Å². The molecule has 10 heteroatoms. The summed E-state index contributed by atoms with van der Waals surface area (Å²) >= 11 is 7.60. The van der Waals surface area contributed by atoms with E-state index in [4.69, 9.17) is 11.6 Å². The molecule has 2 aliphatic carbocycles. The summed E-state index contributed by atoms with van der Waals surface area (Å²) in [4.78, 5) is 17.7. The summed E-state index contributed by atoms with van der Waals surface area (Å²) in [6.07, 6.45) is 7.16. The van der Waals surface area contributed by atoms with Crippen LogP contribution < -0.4 is 10.0 Å². The first-order valence-electron chi connectivity index (χ1n) is 11.5.